The van der Waals surface area contributed by atoms with Gasteiger partial charge in [0.25, 0.3) is 0 Å². The largest absolute Gasteiger partial charge is 0.493 e. The number of hydrogen-bond acceptors (Lipinski definition) is 4. The maximum absolute atomic E-state index is 12.1. The molecule has 0 saturated carbocycles. The van der Waals surface area contributed by atoms with Crippen molar-refractivity contribution in [1.82, 2.24) is 5.32 Å². The lowest BCUT2D eigenvalue weighted by Gasteiger charge is -2.17. The lowest BCUT2D eigenvalue weighted by Crippen LogP contribution is -2.43. The summed E-state index contributed by atoms with van der Waals surface area (Å²) in [4.78, 5) is 23.0. The molecule has 0 bridgehead atoms. The Balaban J connectivity index is 2.73. The highest BCUT2D eigenvalue weighted by Gasteiger charge is 2.21. The number of carbonyl (C=O) groups is 2. The summed E-state index contributed by atoms with van der Waals surface area (Å²) in [6.07, 6.45) is 0.840. The van der Waals surface area contributed by atoms with Crippen LogP contribution in [0.15, 0.2) is 18.2 Å². The second-order valence-electron chi connectivity index (χ2n) is 5.10. The van der Waals surface area contributed by atoms with Crippen molar-refractivity contribution in [3.63, 3.8) is 0 Å². The zero-order valence-electron chi connectivity index (χ0n) is 13.4. The lowest BCUT2D eigenvalue weighted by molar-refractivity contribution is -0.142. The van der Waals surface area contributed by atoms with Crippen LogP contribution in [0.25, 0.3) is 0 Å². The van der Waals surface area contributed by atoms with Gasteiger partial charge in [-0.15, -0.1) is 0 Å². The van der Waals surface area contributed by atoms with Gasteiger partial charge in [0.2, 0.25) is 5.91 Å². The Bertz CT molecular complexity index is 529. The highest BCUT2D eigenvalue weighted by Crippen LogP contribution is 2.28. The van der Waals surface area contributed by atoms with Crippen molar-refractivity contribution in [3.05, 3.63) is 23.8 Å². The molecular formula is C16H23NO5. The number of methoxy groups -OCH3 is 2. The van der Waals surface area contributed by atoms with Crippen LogP contribution in [0.2, 0.25) is 0 Å². The van der Waals surface area contributed by atoms with Crippen LogP contribution in [0.5, 0.6) is 11.5 Å². The number of amides is 1. The van der Waals surface area contributed by atoms with Crippen LogP contribution in [0, 0.1) is 5.92 Å². The van der Waals surface area contributed by atoms with E-state index in [0.29, 0.717) is 24.3 Å². The Morgan fingerprint density at radius 2 is 1.86 bits per heavy atom. The number of aliphatic carboxylic acids is 1. The van der Waals surface area contributed by atoms with Gasteiger partial charge in [0.15, 0.2) is 11.5 Å². The van der Waals surface area contributed by atoms with E-state index in [0.717, 1.165) is 5.56 Å². The molecule has 2 unspecified atom stereocenters. The summed E-state index contributed by atoms with van der Waals surface area (Å²) in [5.41, 5.74) is 0.920. The van der Waals surface area contributed by atoms with Crippen LogP contribution < -0.4 is 14.8 Å². The van der Waals surface area contributed by atoms with Crippen molar-refractivity contribution in [2.45, 2.75) is 32.7 Å². The second kappa shape index (κ2) is 8.26. The number of nitrogens with one attached hydrogen (secondary N) is 1. The Labute approximate surface area is 130 Å². The first-order valence-corrected chi connectivity index (χ1v) is 7.17. The predicted molar refractivity (Wildman–Crippen MR) is 82.3 cm³/mol. The molecule has 0 aliphatic heterocycles. The molecule has 1 aromatic carbocycles. The van der Waals surface area contributed by atoms with Gasteiger partial charge in [0, 0.05) is 5.92 Å². The smallest absolute Gasteiger partial charge is 0.326 e. The fraction of sp³-hybridized carbons (Fsp3) is 0.500. The van der Waals surface area contributed by atoms with Crippen molar-refractivity contribution in [2.75, 3.05) is 14.2 Å². The molecule has 0 saturated heterocycles. The molecule has 0 aliphatic rings. The zero-order chi connectivity index (χ0) is 16.7. The number of carbonyl (C=O) groups excluding carboxylic acids is 1. The van der Waals surface area contributed by atoms with Crippen LogP contribution in [0.4, 0.5) is 0 Å². The lowest BCUT2D eigenvalue weighted by atomic mass is 9.99. The summed E-state index contributed by atoms with van der Waals surface area (Å²) in [6, 6.07) is 4.61. The summed E-state index contributed by atoms with van der Waals surface area (Å²) in [6.45, 7) is 3.48. The number of ether oxygens (including phenoxy) is 2. The van der Waals surface area contributed by atoms with Crippen molar-refractivity contribution in [1.29, 1.82) is 0 Å². The van der Waals surface area contributed by atoms with Crippen LogP contribution in [0.3, 0.4) is 0 Å². The fourth-order valence-corrected chi connectivity index (χ4v) is 2.11. The van der Waals surface area contributed by atoms with Gasteiger partial charge in [0.05, 0.1) is 14.2 Å². The minimum Gasteiger partial charge on any atom is -0.493 e. The normalized spacial score (nSPS) is 13.1. The summed E-state index contributed by atoms with van der Waals surface area (Å²) in [5.74, 6) is -0.408. The maximum Gasteiger partial charge on any atom is 0.326 e. The maximum atomic E-state index is 12.1. The van der Waals surface area contributed by atoms with Crippen LogP contribution in [-0.2, 0) is 16.0 Å². The molecule has 0 fully saturated rings. The van der Waals surface area contributed by atoms with Crippen LogP contribution >= 0.6 is 0 Å². The number of carboxylic acid groups (broad SMARTS) is 1. The molecule has 0 spiro atoms. The van der Waals surface area contributed by atoms with Gasteiger partial charge in [-0.2, -0.15) is 0 Å². The number of hydrogen-bond donors (Lipinski definition) is 2. The van der Waals surface area contributed by atoms with Crippen molar-refractivity contribution in [2.24, 2.45) is 5.92 Å². The monoisotopic (exact) mass is 309 g/mol. The minimum absolute atomic E-state index is 0.274. The van der Waals surface area contributed by atoms with E-state index < -0.39 is 12.0 Å². The molecule has 0 aliphatic carbocycles. The predicted octanol–water partition coefficient (Wildman–Crippen LogP) is 1.86. The van der Waals surface area contributed by atoms with Crippen molar-refractivity contribution in [3.8, 4) is 11.5 Å². The quantitative estimate of drug-likeness (QED) is 0.765. The van der Waals surface area contributed by atoms with Crippen LogP contribution in [-0.4, -0.2) is 37.2 Å². The second-order valence-corrected chi connectivity index (χ2v) is 5.10. The molecule has 0 heterocycles. The molecule has 2 atom stereocenters. The topological polar surface area (TPSA) is 84.9 Å². The molecule has 0 radical (unpaired) electrons. The van der Waals surface area contributed by atoms with E-state index in [4.69, 9.17) is 14.6 Å². The first-order valence-electron chi connectivity index (χ1n) is 7.17. The average Bonchev–Trinajstić information content (AvgIpc) is 2.51. The summed E-state index contributed by atoms with van der Waals surface area (Å²) >= 11 is 0. The van der Waals surface area contributed by atoms with Gasteiger partial charge in [-0.1, -0.05) is 19.9 Å². The summed E-state index contributed by atoms with van der Waals surface area (Å²) in [5, 5.41) is 11.5. The van der Waals surface area contributed by atoms with Gasteiger partial charge in [-0.05, 0) is 30.5 Å². The SMILES string of the molecule is CCC(NC(=O)C(C)Cc1ccc(OC)c(OC)c1)C(=O)O. The molecule has 6 heteroatoms. The summed E-state index contributed by atoms with van der Waals surface area (Å²) < 4.78 is 10.4. The first-order chi connectivity index (χ1) is 10.4. The van der Waals surface area contributed by atoms with E-state index in [9.17, 15) is 9.59 Å². The highest BCUT2D eigenvalue weighted by atomic mass is 16.5. The third-order valence-electron chi connectivity index (χ3n) is 3.46. The Hall–Kier alpha value is -2.24. The molecular weight excluding hydrogens is 286 g/mol. The highest BCUT2D eigenvalue weighted by molar-refractivity contribution is 5.84. The van der Waals surface area contributed by atoms with Crippen molar-refractivity contribution < 1.29 is 24.2 Å². The van der Waals surface area contributed by atoms with Gasteiger partial charge in [0.1, 0.15) is 6.04 Å². The average molecular weight is 309 g/mol. The van der Waals surface area contributed by atoms with Gasteiger partial charge in [-0.25, -0.2) is 4.79 Å². The Morgan fingerprint density at radius 1 is 1.23 bits per heavy atom. The third-order valence-corrected chi connectivity index (χ3v) is 3.46. The van der Waals surface area contributed by atoms with E-state index in [-0.39, 0.29) is 11.8 Å². The van der Waals surface area contributed by atoms with Gasteiger partial charge in [-0.3, -0.25) is 4.79 Å². The number of carboxylic acids is 1. The van der Waals surface area contributed by atoms with Gasteiger partial charge < -0.3 is 19.9 Å². The van der Waals surface area contributed by atoms with E-state index in [2.05, 4.69) is 5.32 Å². The molecule has 2 N–H and O–H groups in total. The van der Waals surface area contributed by atoms with Crippen LogP contribution in [0.1, 0.15) is 25.8 Å². The van der Waals surface area contributed by atoms with E-state index >= 15 is 0 Å². The standard InChI is InChI=1S/C16H23NO5/c1-5-12(16(19)20)17-15(18)10(2)8-11-6-7-13(21-3)14(9-11)22-4/h6-7,9-10,12H,5,8H2,1-4H3,(H,17,18)(H,19,20). The zero-order valence-corrected chi connectivity index (χ0v) is 13.4. The van der Waals surface area contributed by atoms with E-state index in [1.165, 1.54) is 0 Å². The first kappa shape index (κ1) is 17.8. The summed E-state index contributed by atoms with van der Waals surface area (Å²) in [7, 11) is 3.11. The van der Waals surface area contributed by atoms with Crippen molar-refractivity contribution >= 4 is 11.9 Å². The molecule has 1 aromatic rings. The Kier molecular flexibility index (Phi) is 6.69. The third kappa shape index (κ3) is 4.65. The van der Waals surface area contributed by atoms with E-state index in [1.807, 2.05) is 12.1 Å². The molecule has 6 nitrogen and oxygen atoms in total. The molecule has 122 valence electrons. The van der Waals surface area contributed by atoms with E-state index in [1.54, 1.807) is 34.1 Å². The molecule has 0 aromatic heterocycles. The minimum atomic E-state index is -1.02. The molecule has 1 amide bonds. The fourth-order valence-electron chi connectivity index (χ4n) is 2.11. The molecule has 22 heavy (non-hydrogen) atoms. The number of rotatable bonds is 8. The number of benzene rings is 1. The molecule has 1 rings (SSSR count). The van der Waals surface area contributed by atoms with Gasteiger partial charge >= 0.3 is 5.97 Å². The Morgan fingerprint density at radius 3 is 2.36 bits per heavy atom.